The van der Waals surface area contributed by atoms with Crippen molar-refractivity contribution in [3.8, 4) is 0 Å². The molecule has 1 atom stereocenters. The number of carbonyl (C=O) groups excluding carboxylic acids is 1. The quantitative estimate of drug-likeness (QED) is 0.741. The molecule has 0 spiro atoms. The molecule has 1 fully saturated rings. The Labute approximate surface area is 98.1 Å². The van der Waals surface area contributed by atoms with Gasteiger partial charge in [0.1, 0.15) is 6.10 Å². The summed E-state index contributed by atoms with van der Waals surface area (Å²) in [5, 5.41) is 0. The highest BCUT2D eigenvalue weighted by molar-refractivity contribution is 5.80. The molecular weight excluding hydrogens is 204 g/mol. The Morgan fingerprint density at radius 1 is 1.50 bits per heavy atom. The SMILES string of the molecule is COC(C)C(=O)N(CCCN)C1CCCC1. The first-order chi connectivity index (χ1) is 7.70. The van der Waals surface area contributed by atoms with E-state index in [0.717, 1.165) is 25.8 Å². The van der Waals surface area contributed by atoms with E-state index in [4.69, 9.17) is 10.5 Å². The van der Waals surface area contributed by atoms with E-state index in [1.807, 2.05) is 11.8 Å². The van der Waals surface area contributed by atoms with Gasteiger partial charge in [-0.2, -0.15) is 0 Å². The third-order valence-corrected chi connectivity index (χ3v) is 3.35. The summed E-state index contributed by atoms with van der Waals surface area (Å²) in [7, 11) is 1.58. The first-order valence-corrected chi connectivity index (χ1v) is 6.24. The lowest BCUT2D eigenvalue weighted by Gasteiger charge is -2.30. The van der Waals surface area contributed by atoms with Gasteiger partial charge in [0.15, 0.2) is 0 Å². The molecule has 1 rings (SSSR count). The van der Waals surface area contributed by atoms with Crippen molar-refractivity contribution >= 4 is 5.91 Å². The lowest BCUT2D eigenvalue weighted by atomic mass is 10.1. The topological polar surface area (TPSA) is 55.6 Å². The number of carbonyl (C=O) groups is 1. The average Bonchev–Trinajstić information content (AvgIpc) is 2.82. The van der Waals surface area contributed by atoms with Crippen LogP contribution in [-0.2, 0) is 9.53 Å². The van der Waals surface area contributed by atoms with Gasteiger partial charge in [-0.15, -0.1) is 0 Å². The summed E-state index contributed by atoms with van der Waals surface area (Å²) < 4.78 is 5.11. The highest BCUT2D eigenvalue weighted by atomic mass is 16.5. The Morgan fingerprint density at radius 2 is 2.12 bits per heavy atom. The summed E-state index contributed by atoms with van der Waals surface area (Å²) in [5.41, 5.74) is 5.52. The Balaban J connectivity index is 2.57. The van der Waals surface area contributed by atoms with Gasteiger partial charge in [-0.05, 0) is 32.7 Å². The zero-order valence-corrected chi connectivity index (χ0v) is 10.4. The maximum atomic E-state index is 12.1. The second-order valence-corrected chi connectivity index (χ2v) is 4.49. The zero-order valence-electron chi connectivity index (χ0n) is 10.4. The fraction of sp³-hybridized carbons (Fsp3) is 0.917. The minimum absolute atomic E-state index is 0.114. The lowest BCUT2D eigenvalue weighted by Crippen LogP contribution is -2.45. The molecule has 0 heterocycles. The highest BCUT2D eigenvalue weighted by Gasteiger charge is 2.28. The molecule has 16 heavy (non-hydrogen) atoms. The average molecular weight is 228 g/mol. The Hall–Kier alpha value is -0.610. The Morgan fingerprint density at radius 3 is 2.62 bits per heavy atom. The summed E-state index contributed by atoms with van der Waals surface area (Å²) >= 11 is 0. The van der Waals surface area contributed by atoms with Crippen LogP contribution in [0.15, 0.2) is 0 Å². The molecule has 1 aliphatic carbocycles. The molecule has 0 aromatic carbocycles. The Kier molecular flexibility index (Phi) is 5.77. The maximum absolute atomic E-state index is 12.1. The second-order valence-electron chi connectivity index (χ2n) is 4.49. The van der Waals surface area contributed by atoms with Crippen LogP contribution in [0.4, 0.5) is 0 Å². The van der Waals surface area contributed by atoms with E-state index in [9.17, 15) is 4.79 Å². The van der Waals surface area contributed by atoms with Gasteiger partial charge in [0.25, 0.3) is 5.91 Å². The van der Waals surface area contributed by atoms with Crippen molar-refractivity contribution in [1.29, 1.82) is 0 Å². The number of hydrogen-bond donors (Lipinski definition) is 1. The molecule has 4 nitrogen and oxygen atoms in total. The van der Waals surface area contributed by atoms with Crippen LogP contribution in [0.1, 0.15) is 39.0 Å². The monoisotopic (exact) mass is 228 g/mol. The molecule has 0 aliphatic heterocycles. The zero-order chi connectivity index (χ0) is 12.0. The second kappa shape index (κ2) is 6.86. The van der Waals surface area contributed by atoms with Crippen LogP contribution in [0.5, 0.6) is 0 Å². The Bertz CT molecular complexity index is 215. The van der Waals surface area contributed by atoms with Crippen molar-refractivity contribution in [2.24, 2.45) is 5.73 Å². The summed E-state index contributed by atoms with van der Waals surface area (Å²) in [6.07, 6.45) is 5.27. The molecule has 0 radical (unpaired) electrons. The number of nitrogens with zero attached hydrogens (tertiary/aromatic N) is 1. The van der Waals surface area contributed by atoms with Crippen molar-refractivity contribution < 1.29 is 9.53 Å². The summed E-state index contributed by atoms with van der Waals surface area (Å²) in [5.74, 6) is 0.114. The minimum Gasteiger partial charge on any atom is -0.372 e. The van der Waals surface area contributed by atoms with Gasteiger partial charge < -0.3 is 15.4 Å². The van der Waals surface area contributed by atoms with Crippen LogP contribution < -0.4 is 5.73 Å². The van der Waals surface area contributed by atoms with Gasteiger partial charge in [-0.3, -0.25) is 4.79 Å². The van der Waals surface area contributed by atoms with Crippen LogP contribution in [-0.4, -0.2) is 43.2 Å². The van der Waals surface area contributed by atoms with Crippen molar-refractivity contribution in [2.45, 2.75) is 51.2 Å². The summed E-state index contributed by atoms with van der Waals surface area (Å²) in [4.78, 5) is 14.1. The molecule has 1 saturated carbocycles. The highest BCUT2D eigenvalue weighted by Crippen LogP contribution is 2.24. The van der Waals surface area contributed by atoms with Gasteiger partial charge in [0.05, 0.1) is 0 Å². The van der Waals surface area contributed by atoms with E-state index >= 15 is 0 Å². The van der Waals surface area contributed by atoms with E-state index in [0.29, 0.717) is 12.6 Å². The molecule has 0 bridgehead atoms. The molecule has 0 aromatic heterocycles. The number of ether oxygens (including phenoxy) is 1. The summed E-state index contributed by atoms with van der Waals surface area (Å²) in [6, 6.07) is 0.414. The molecule has 0 saturated heterocycles. The van der Waals surface area contributed by atoms with E-state index in [1.54, 1.807) is 7.11 Å². The van der Waals surface area contributed by atoms with Gasteiger partial charge in [0, 0.05) is 19.7 Å². The fourth-order valence-corrected chi connectivity index (χ4v) is 2.28. The van der Waals surface area contributed by atoms with E-state index in [2.05, 4.69) is 0 Å². The van der Waals surface area contributed by atoms with Crippen molar-refractivity contribution in [1.82, 2.24) is 4.90 Å². The van der Waals surface area contributed by atoms with Gasteiger partial charge in [-0.25, -0.2) is 0 Å². The predicted molar refractivity (Wildman–Crippen MR) is 64.1 cm³/mol. The standard InChI is InChI=1S/C12H24N2O2/c1-10(16-2)12(15)14(9-5-8-13)11-6-3-4-7-11/h10-11H,3-9,13H2,1-2H3. The smallest absolute Gasteiger partial charge is 0.251 e. The van der Waals surface area contributed by atoms with Gasteiger partial charge in [-0.1, -0.05) is 12.8 Å². The first kappa shape index (κ1) is 13.5. The normalized spacial score (nSPS) is 18.7. The third-order valence-electron chi connectivity index (χ3n) is 3.35. The molecule has 1 unspecified atom stereocenters. The number of nitrogens with two attached hydrogens (primary N) is 1. The fourth-order valence-electron chi connectivity index (χ4n) is 2.28. The molecule has 2 N–H and O–H groups in total. The van der Waals surface area contributed by atoms with Crippen LogP contribution in [0.25, 0.3) is 0 Å². The molecule has 0 aromatic rings. The first-order valence-electron chi connectivity index (χ1n) is 6.24. The molecular formula is C12H24N2O2. The maximum Gasteiger partial charge on any atom is 0.251 e. The molecule has 1 amide bonds. The minimum atomic E-state index is -0.335. The van der Waals surface area contributed by atoms with Crippen molar-refractivity contribution in [3.05, 3.63) is 0 Å². The van der Waals surface area contributed by atoms with Gasteiger partial charge >= 0.3 is 0 Å². The number of hydrogen-bond acceptors (Lipinski definition) is 3. The third kappa shape index (κ3) is 3.46. The number of amides is 1. The van der Waals surface area contributed by atoms with E-state index < -0.39 is 0 Å². The van der Waals surface area contributed by atoms with Crippen molar-refractivity contribution in [2.75, 3.05) is 20.2 Å². The summed E-state index contributed by atoms with van der Waals surface area (Å²) in [6.45, 7) is 3.22. The van der Waals surface area contributed by atoms with Gasteiger partial charge in [0.2, 0.25) is 0 Å². The number of methoxy groups -OCH3 is 1. The molecule has 94 valence electrons. The predicted octanol–water partition coefficient (Wildman–Crippen LogP) is 1.14. The van der Waals surface area contributed by atoms with Crippen LogP contribution in [0, 0.1) is 0 Å². The molecule has 4 heteroatoms. The number of rotatable bonds is 6. The van der Waals surface area contributed by atoms with Crippen LogP contribution in [0.3, 0.4) is 0 Å². The van der Waals surface area contributed by atoms with Crippen LogP contribution >= 0.6 is 0 Å². The molecule has 1 aliphatic rings. The van der Waals surface area contributed by atoms with Crippen LogP contribution in [0.2, 0.25) is 0 Å². The van der Waals surface area contributed by atoms with Crippen molar-refractivity contribution in [3.63, 3.8) is 0 Å². The largest absolute Gasteiger partial charge is 0.372 e. The van der Waals surface area contributed by atoms with E-state index in [1.165, 1.54) is 12.8 Å². The van der Waals surface area contributed by atoms with E-state index in [-0.39, 0.29) is 12.0 Å². The lowest BCUT2D eigenvalue weighted by molar-refractivity contribution is -0.143.